The van der Waals surface area contributed by atoms with E-state index in [2.05, 4.69) is 5.32 Å². The van der Waals surface area contributed by atoms with Crippen LogP contribution in [0.4, 0.5) is 0 Å². The molecule has 3 aromatic rings. The van der Waals surface area contributed by atoms with Crippen LogP contribution in [0.3, 0.4) is 0 Å². The van der Waals surface area contributed by atoms with Gasteiger partial charge >= 0.3 is 5.97 Å². The monoisotopic (exact) mass is 455 g/mol. The van der Waals surface area contributed by atoms with E-state index < -0.39 is 17.4 Å². The summed E-state index contributed by atoms with van der Waals surface area (Å²) in [5.41, 5.74) is 1.15. The first-order valence-corrected chi connectivity index (χ1v) is 10.6. The first kappa shape index (κ1) is 22.9. The molecular weight excluding hydrogens is 433 g/mol. The van der Waals surface area contributed by atoms with Crippen molar-refractivity contribution in [3.63, 3.8) is 0 Å². The lowest BCUT2D eigenvalue weighted by Gasteiger charge is -2.31. The fourth-order valence-electron chi connectivity index (χ4n) is 3.54. The van der Waals surface area contributed by atoms with E-state index in [1.165, 1.54) is 7.11 Å². The van der Waals surface area contributed by atoms with Crippen LogP contribution in [0.5, 0.6) is 0 Å². The maximum absolute atomic E-state index is 13.7. The molecule has 0 fully saturated rings. The smallest absolute Gasteiger partial charge is 0.328 e. The second-order valence-corrected chi connectivity index (χ2v) is 8.12. The van der Waals surface area contributed by atoms with Gasteiger partial charge in [0.1, 0.15) is 6.04 Å². The number of benzene rings is 3. The molecule has 0 saturated carbocycles. The highest BCUT2D eigenvalue weighted by Gasteiger charge is 2.39. The quantitative estimate of drug-likeness (QED) is 0.498. The lowest BCUT2D eigenvalue weighted by molar-refractivity contribution is -0.145. The minimum atomic E-state index is -1.03. The predicted octanol–water partition coefficient (Wildman–Crippen LogP) is 5.20. The van der Waals surface area contributed by atoms with Crippen LogP contribution in [0.15, 0.2) is 78.9 Å². The largest absolute Gasteiger partial charge is 0.467 e. The number of ether oxygens (including phenoxy) is 1. The molecule has 160 valence electrons. The molecule has 0 heterocycles. The molecule has 4 nitrogen and oxygen atoms in total. The molecule has 0 unspecified atom stereocenters. The fourth-order valence-corrected chi connectivity index (χ4v) is 4.09. The van der Waals surface area contributed by atoms with Crippen LogP contribution in [-0.2, 0) is 26.2 Å². The van der Waals surface area contributed by atoms with E-state index in [9.17, 15) is 9.59 Å². The van der Waals surface area contributed by atoms with E-state index in [0.717, 1.165) is 11.1 Å². The SMILES string of the molecule is COC(=O)[C@@H](Cc1c(Cl)cccc1Cl)NC(=O)C(C)(c1ccccc1)c1ccccc1. The number of amides is 1. The van der Waals surface area contributed by atoms with E-state index in [4.69, 9.17) is 27.9 Å². The average molecular weight is 456 g/mol. The van der Waals surface area contributed by atoms with Crippen LogP contribution in [0.25, 0.3) is 0 Å². The van der Waals surface area contributed by atoms with Gasteiger partial charge in [0.15, 0.2) is 0 Å². The molecule has 3 rings (SSSR count). The summed E-state index contributed by atoms with van der Waals surface area (Å²) >= 11 is 12.6. The van der Waals surface area contributed by atoms with Gasteiger partial charge in [-0.15, -0.1) is 0 Å². The number of esters is 1. The van der Waals surface area contributed by atoms with Gasteiger partial charge in [-0.25, -0.2) is 4.79 Å². The van der Waals surface area contributed by atoms with E-state index >= 15 is 0 Å². The second kappa shape index (κ2) is 9.99. The first-order chi connectivity index (χ1) is 14.9. The van der Waals surface area contributed by atoms with Crippen LogP contribution >= 0.6 is 23.2 Å². The summed E-state index contributed by atoms with van der Waals surface area (Å²) in [4.78, 5) is 26.2. The third kappa shape index (κ3) is 4.92. The Kier molecular flexibility index (Phi) is 7.37. The molecule has 31 heavy (non-hydrogen) atoms. The van der Waals surface area contributed by atoms with E-state index in [-0.39, 0.29) is 12.3 Å². The molecule has 1 amide bonds. The van der Waals surface area contributed by atoms with Crippen LogP contribution in [0, 0.1) is 0 Å². The molecule has 0 bridgehead atoms. The van der Waals surface area contributed by atoms with Crippen molar-refractivity contribution >= 4 is 35.1 Å². The summed E-state index contributed by atoms with van der Waals surface area (Å²) in [6, 6.07) is 23.0. The van der Waals surface area contributed by atoms with Crippen molar-refractivity contribution in [3.8, 4) is 0 Å². The molecule has 1 N–H and O–H groups in total. The minimum Gasteiger partial charge on any atom is -0.467 e. The zero-order valence-corrected chi connectivity index (χ0v) is 18.8. The van der Waals surface area contributed by atoms with Gasteiger partial charge in [-0.2, -0.15) is 0 Å². The molecule has 0 aromatic heterocycles. The summed E-state index contributed by atoms with van der Waals surface area (Å²) in [6.45, 7) is 1.84. The van der Waals surface area contributed by atoms with Gasteiger partial charge in [-0.05, 0) is 35.7 Å². The predicted molar refractivity (Wildman–Crippen MR) is 123 cm³/mol. The van der Waals surface area contributed by atoms with E-state index in [1.54, 1.807) is 18.2 Å². The number of hydrogen-bond acceptors (Lipinski definition) is 3. The Balaban J connectivity index is 1.99. The molecule has 0 aliphatic heterocycles. The molecule has 0 radical (unpaired) electrons. The first-order valence-electron chi connectivity index (χ1n) is 9.80. The van der Waals surface area contributed by atoms with Crippen LogP contribution < -0.4 is 5.32 Å². The highest BCUT2D eigenvalue weighted by Crippen LogP contribution is 2.33. The van der Waals surface area contributed by atoms with Crippen LogP contribution in [0.2, 0.25) is 10.0 Å². The molecule has 0 saturated heterocycles. The molecule has 0 aliphatic rings. The van der Waals surface area contributed by atoms with Crippen molar-refractivity contribution in [2.75, 3.05) is 7.11 Å². The normalized spacial score (nSPS) is 12.1. The van der Waals surface area contributed by atoms with Gasteiger partial charge in [0.2, 0.25) is 5.91 Å². The highest BCUT2D eigenvalue weighted by molar-refractivity contribution is 6.36. The third-order valence-corrected chi connectivity index (χ3v) is 6.13. The van der Waals surface area contributed by atoms with Gasteiger partial charge in [0, 0.05) is 16.5 Å². The Hall–Kier alpha value is -2.82. The Morgan fingerprint density at radius 3 is 1.81 bits per heavy atom. The summed E-state index contributed by atoms with van der Waals surface area (Å²) in [7, 11) is 1.28. The lowest BCUT2D eigenvalue weighted by Crippen LogP contribution is -2.51. The summed E-state index contributed by atoms with van der Waals surface area (Å²) < 4.78 is 4.95. The molecule has 0 aliphatic carbocycles. The number of hydrogen-bond donors (Lipinski definition) is 1. The van der Waals surface area contributed by atoms with Gasteiger partial charge in [0.25, 0.3) is 0 Å². The molecule has 3 aromatic carbocycles. The number of carbonyl (C=O) groups excluding carboxylic acids is 2. The van der Waals surface area contributed by atoms with E-state index in [1.807, 2.05) is 67.6 Å². The zero-order valence-electron chi connectivity index (χ0n) is 17.3. The number of nitrogens with one attached hydrogen (secondary N) is 1. The fraction of sp³-hybridized carbons (Fsp3) is 0.200. The van der Waals surface area contributed by atoms with Gasteiger partial charge < -0.3 is 10.1 Å². The highest BCUT2D eigenvalue weighted by atomic mass is 35.5. The van der Waals surface area contributed by atoms with Crippen molar-refractivity contribution in [1.82, 2.24) is 5.32 Å². The Bertz CT molecular complexity index is 995. The molecule has 6 heteroatoms. The number of methoxy groups -OCH3 is 1. The maximum Gasteiger partial charge on any atom is 0.328 e. The Morgan fingerprint density at radius 2 is 1.35 bits per heavy atom. The number of carbonyl (C=O) groups is 2. The summed E-state index contributed by atoms with van der Waals surface area (Å²) in [5, 5.41) is 3.72. The average Bonchev–Trinajstić information content (AvgIpc) is 2.80. The summed E-state index contributed by atoms with van der Waals surface area (Å²) in [5.74, 6) is -0.906. The minimum absolute atomic E-state index is 0.108. The third-order valence-electron chi connectivity index (χ3n) is 5.42. The maximum atomic E-state index is 13.7. The second-order valence-electron chi connectivity index (χ2n) is 7.31. The van der Waals surface area contributed by atoms with E-state index in [0.29, 0.717) is 15.6 Å². The lowest BCUT2D eigenvalue weighted by atomic mass is 9.75. The Labute approximate surface area is 192 Å². The zero-order chi connectivity index (χ0) is 22.4. The van der Waals surface area contributed by atoms with Crippen molar-refractivity contribution in [3.05, 3.63) is 106 Å². The summed E-state index contributed by atoms with van der Waals surface area (Å²) in [6.07, 6.45) is 0.108. The van der Waals surface area contributed by atoms with Gasteiger partial charge in [-0.3, -0.25) is 4.79 Å². The Morgan fingerprint density at radius 1 is 0.871 bits per heavy atom. The standard InChI is InChI=1S/C25H23Cl2NO3/c1-25(17-10-5-3-6-11-17,18-12-7-4-8-13-18)24(30)28-22(23(29)31-2)16-19-20(26)14-9-15-21(19)27/h3-15,22H,16H2,1-2H3,(H,28,30)/t22-/m1/s1. The van der Waals surface area contributed by atoms with Gasteiger partial charge in [-0.1, -0.05) is 89.9 Å². The number of rotatable bonds is 7. The molecule has 1 atom stereocenters. The van der Waals surface area contributed by atoms with Crippen LogP contribution in [0.1, 0.15) is 23.6 Å². The van der Waals surface area contributed by atoms with Crippen molar-refractivity contribution in [2.45, 2.75) is 24.8 Å². The van der Waals surface area contributed by atoms with Gasteiger partial charge in [0.05, 0.1) is 12.5 Å². The molecular formula is C25H23Cl2NO3. The topological polar surface area (TPSA) is 55.4 Å². The van der Waals surface area contributed by atoms with Crippen molar-refractivity contribution in [2.24, 2.45) is 0 Å². The van der Waals surface area contributed by atoms with Crippen molar-refractivity contribution < 1.29 is 14.3 Å². The van der Waals surface area contributed by atoms with Crippen LogP contribution in [-0.4, -0.2) is 25.0 Å². The molecule has 0 spiro atoms. The number of halogens is 2. The van der Waals surface area contributed by atoms with Crippen molar-refractivity contribution in [1.29, 1.82) is 0 Å².